The minimum Gasteiger partial charge on any atom is -0.724 e. The number of hydrogen-bond donors (Lipinski definition) is 0. The zero-order chi connectivity index (χ0) is 27.3. The van der Waals surface area contributed by atoms with E-state index in [9.17, 15) is 0 Å². The molecule has 0 saturated carbocycles. The van der Waals surface area contributed by atoms with Gasteiger partial charge in [0.25, 0.3) is 0 Å². The van der Waals surface area contributed by atoms with E-state index in [4.69, 9.17) is 52.1 Å². The quantitative estimate of drug-likeness (QED) is 0.107. The molecule has 0 aliphatic rings. The summed E-state index contributed by atoms with van der Waals surface area (Å²) in [6.07, 6.45) is 0. The van der Waals surface area contributed by atoms with E-state index in [1.54, 1.807) is 0 Å². The summed E-state index contributed by atoms with van der Waals surface area (Å²) in [6.45, 7) is 1.15. The molecule has 0 fully saturated rings. The summed E-state index contributed by atoms with van der Waals surface area (Å²) >= 11 is 14.1. The van der Waals surface area contributed by atoms with Crippen LogP contribution in [0.5, 0.6) is 17.2 Å². The van der Waals surface area contributed by atoms with Gasteiger partial charge in [0.2, 0.25) is 0 Å². The average Bonchev–Trinajstić information content (AvgIpc) is 2.97. The van der Waals surface area contributed by atoms with E-state index in [2.05, 4.69) is 51.7 Å². The van der Waals surface area contributed by atoms with Crippen LogP contribution in [0.15, 0.2) is 91.0 Å². The zero-order valence-electron chi connectivity index (χ0n) is 23.7. The molecule has 0 spiro atoms. The molecule has 0 radical (unpaired) electrons. The van der Waals surface area contributed by atoms with E-state index in [-0.39, 0.29) is 154 Å². The maximum absolute atomic E-state index is 6.03. The minimum absolute atomic E-state index is 0. The van der Waals surface area contributed by atoms with Gasteiger partial charge in [0.15, 0.2) is 0 Å². The van der Waals surface area contributed by atoms with Gasteiger partial charge in [-0.2, -0.15) is 0 Å². The van der Waals surface area contributed by atoms with Crippen LogP contribution in [0.4, 0.5) is 0 Å². The van der Waals surface area contributed by atoms with Crippen LogP contribution in [0, 0.1) is 33.5 Å². The summed E-state index contributed by atoms with van der Waals surface area (Å²) in [6, 6.07) is 28.8. The summed E-state index contributed by atoms with van der Waals surface area (Å²) in [7, 11) is 0. The van der Waals surface area contributed by atoms with Crippen LogP contribution >= 0.6 is 0 Å². The molecule has 0 aliphatic carbocycles. The first-order valence-electron chi connectivity index (χ1n) is 11.8. The largest absolute Gasteiger partial charge is 1.00 e. The Balaban J connectivity index is 0.00000294. The first-order valence-corrected chi connectivity index (χ1v) is 13.1. The van der Waals surface area contributed by atoms with E-state index >= 15 is 0 Å². The molecule has 9 heteroatoms. The van der Waals surface area contributed by atoms with Crippen molar-refractivity contribution in [1.82, 2.24) is 0 Å². The van der Waals surface area contributed by atoms with Crippen LogP contribution in [-0.4, -0.2) is 0 Å². The Bertz CT molecular complexity index is 1390. The fourth-order valence-electron chi connectivity index (χ4n) is 3.67. The fraction of sp³-hybridized carbons (Fsp3) is 0.0909. The SMILES string of the molecule is [K+].[K+].[K+].[S-]C#Cc1ccc(OCc2cc(COc3ccc(C#C[S-])cc3)cc(COc3ccc(C#C[S-])cc3)c2)cc1. The maximum Gasteiger partial charge on any atom is 1.00 e. The molecule has 192 valence electrons. The average molecular weight is 679 g/mol. The van der Waals surface area contributed by atoms with Crippen LogP contribution in [-0.2, 0) is 57.7 Å². The third-order valence-electron chi connectivity index (χ3n) is 5.48. The van der Waals surface area contributed by atoms with Crippen molar-refractivity contribution < 1.29 is 168 Å². The second-order valence-electron chi connectivity index (χ2n) is 8.28. The molecule has 42 heavy (non-hydrogen) atoms. The van der Waals surface area contributed by atoms with Gasteiger partial charge >= 0.3 is 154 Å². The Kier molecular flexibility index (Phi) is 22.2. The Morgan fingerprint density at radius 3 is 0.857 bits per heavy atom. The molecule has 0 amide bonds. The van der Waals surface area contributed by atoms with Gasteiger partial charge in [-0.1, -0.05) is 17.8 Å². The summed E-state index contributed by atoms with van der Waals surface area (Å²) in [4.78, 5) is 0. The second kappa shape index (κ2) is 22.9. The van der Waals surface area contributed by atoms with Gasteiger partial charge in [-0.25, -0.2) is 15.8 Å². The van der Waals surface area contributed by atoms with Crippen LogP contribution in [0.25, 0.3) is 0 Å². The third-order valence-corrected chi connectivity index (χ3v) is 5.78. The van der Waals surface area contributed by atoms with Crippen molar-refractivity contribution in [3.8, 4) is 50.8 Å². The summed E-state index contributed by atoms with van der Waals surface area (Å²) in [5, 5.41) is 7.46. The van der Waals surface area contributed by atoms with E-state index in [0.717, 1.165) is 50.6 Å². The van der Waals surface area contributed by atoms with E-state index in [0.29, 0.717) is 19.8 Å². The Hall–Kier alpha value is 0.529. The normalized spacial score (nSPS) is 8.86. The Labute approximate surface area is 392 Å². The van der Waals surface area contributed by atoms with Gasteiger partial charge in [0.1, 0.15) is 37.1 Å². The molecule has 0 unspecified atom stereocenters. The van der Waals surface area contributed by atoms with Gasteiger partial charge in [-0.15, -0.1) is 0 Å². The predicted octanol–water partition coefficient (Wildman–Crippen LogP) is -3.00. The number of benzene rings is 4. The van der Waals surface area contributed by atoms with Crippen LogP contribution in [0.2, 0.25) is 0 Å². The van der Waals surface area contributed by atoms with E-state index in [1.807, 2.05) is 72.8 Å². The molecule has 0 heterocycles. The first-order chi connectivity index (χ1) is 19.1. The zero-order valence-corrected chi connectivity index (χ0v) is 35.5. The van der Waals surface area contributed by atoms with Crippen molar-refractivity contribution in [3.05, 3.63) is 124 Å². The molecule has 0 aliphatic heterocycles. The van der Waals surface area contributed by atoms with Gasteiger partial charge in [0, 0.05) is 16.7 Å². The maximum atomic E-state index is 6.03. The van der Waals surface area contributed by atoms with Gasteiger partial charge in [-0.05, 0) is 108 Å². The molecule has 0 bridgehead atoms. The number of rotatable bonds is 9. The smallest absolute Gasteiger partial charge is 0.724 e. The van der Waals surface area contributed by atoms with Crippen molar-refractivity contribution in [3.63, 3.8) is 0 Å². The molecular formula is C33H21K3O3S3. The molecule has 4 rings (SSSR count). The van der Waals surface area contributed by atoms with Crippen molar-refractivity contribution in [2.24, 2.45) is 0 Å². The fourth-order valence-corrected chi connectivity index (χ4v) is 4.02. The van der Waals surface area contributed by atoms with Gasteiger partial charge < -0.3 is 52.1 Å². The van der Waals surface area contributed by atoms with Crippen LogP contribution in [0.3, 0.4) is 0 Å². The monoisotopic (exact) mass is 678 g/mol. The molecule has 4 aromatic carbocycles. The second-order valence-corrected chi connectivity index (χ2v) is 8.89. The topological polar surface area (TPSA) is 27.7 Å². The van der Waals surface area contributed by atoms with E-state index in [1.165, 1.54) is 0 Å². The predicted molar refractivity (Wildman–Crippen MR) is 161 cm³/mol. The molecule has 0 saturated heterocycles. The molecule has 0 N–H and O–H groups in total. The molecule has 3 nitrogen and oxygen atoms in total. The van der Waals surface area contributed by atoms with Crippen molar-refractivity contribution >= 4 is 37.9 Å². The van der Waals surface area contributed by atoms with Crippen molar-refractivity contribution in [1.29, 1.82) is 0 Å². The summed E-state index contributed by atoms with van der Waals surface area (Å²) in [5.41, 5.74) is 5.54. The molecule has 0 atom stereocenters. The number of ether oxygens (including phenoxy) is 3. The first kappa shape index (κ1) is 40.6. The van der Waals surface area contributed by atoms with Gasteiger partial charge in [0.05, 0.1) is 0 Å². The third kappa shape index (κ3) is 14.3. The van der Waals surface area contributed by atoms with E-state index < -0.39 is 0 Å². The molecule has 4 aromatic rings. The van der Waals surface area contributed by atoms with Crippen LogP contribution < -0.4 is 168 Å². The van der Waals surface area contributed by atoms with Gasteiger partial charge in [-0.3, -0.25) is 0 Å². The van der Waals surface area contributed by atoms with Crippen molar-refractivity contribution in [2.75, 3.05) is 0 Å². The summed E-state index contributed by atoms with van der Waals surface area (Å²) in [5.74, 6) is 10.8. The van der Waals surface area contributed by atoms with Crippen molar-refractivity contribution in [2.45, 2.75) is 19.8 Å². The minimum atomic E-state index is 0. The molecule has 0 aromatic heterocycles. The standard InChI is InChI=1S/C33H24O3S3.3K/c37-16-13-25-1-7-31(8-2-25)34-22-28-19-29(23-35-32-9-3-26(4-10-32)14-17-38)21-30(20-28)24-36-33-11-5-27(6-12-33)15-18-39;;;/h1-12,19-21,37-39H,22-24H2;;;/q;3*+1/p-3. The summed E-state index contributed by atoms with van der Waals surface area (Å²) < 4.78 is 18.1. The molecular weight excluding hydrogens is 658 g/mol. The van der Waals surface area contributed by atoms with Crippen LogP contribution in [0.1, 0.15) is 33.4 Å². The number of hydrogen-bond acceptors (Lipinski definition) is 6. The Morgan fingerprint density at radius 1 is 0.405 bits per heavy atom. The Morgan fingerprint density at radius 2 is 0.643 bits per heavy atom.